The van der Waals surface area contributed by atoms with E-state index in [-0.39, 0.29) is 33.3 Å². The maximum absolute atomic E-state index is 13.5. The Kier molecular flexibility index (Phi) is 6.29. The van der Waals surface area contributed by atoms with Crippen LogP contribution >= 0.6 is 11.3 Å². The number of oxazole rings is 1. The summed E-state index contributed by atoms with van der Waals surface area (Å²) in [7, 11) is -3.95. The van der Waals surface area contributed by atoms with E-state index in [1.807, 2.05) is 11.4 Å². The van der Waals surface area contributed by atoms with E-state index in [9.17, 15) is 23.3 Å². The summed E-state index contributed by atoms with van der Waals surface area (Å²) in [6.07, 6.45) is 0. The number of sulfone groups is 1. The Morgan fingerprint density at radius 2 is 1.67 bits per heavy atom. The minimum absolute atomic E-state index is 0.0876. The first-order valence-corrected chi connectivity index (χ1v) is 13.3. The smallest absolute Gasteiger partial charge is 0.269 e. The molecule has 0 spiro atoms. The summed E-state index contributed by atoms with van der Waals surface area (Å²) in [5.74, 6) is 0.113. The molecule has 2 aromatic carbocycles. The molecule has 1 fully saturated rings. The number of rotatable bonds is 6. The number of thiophene rings is 1. The monoisotopic (exact) mass is 524 g/mol. The SMILES string of the molecule is O=C(c1ccc([N+](=O)[O-])cc1)N1CCN(c2oc(-c3cccs3)nc2S(=O)(=O)c2ccccc2)CC1. The van der Waals surface area contributed by atoms with Gasteiger partial charge in [0.1, 0.15) is 0 Å². The number of benzene rings is 2. The summed E-state index contributed by atoms with van der Waals surface area (Å²) >= 11 is 1.39. The van der Waals surface area contributed by atoms with E-state index in [1.165, 1.54) is 47.7 Å². The lowest BCUT2D eigenvalue weighted by atomic mass is 10.1. The van der Waals surface area contributed by atoms with Gasteiger partial charge in [-0.25, -0.2) is 8.42 Å². The minimum Gasteiger partial charge on any atom is -0.418 e. The van der Waals surface area contributed by atoms with Crippen LogP contribution in [0.3, 0.4) is 0 Å². The molecule has 2 aromatic heterocycles. The van der Waals surface area contributed by atoms with E-state index in [0.717, 1.165) is 0 Å². The molecule has 10 nitrogen and oxygen atoms in total. The number of hydrogen-bond donors (Lipinski definition) is 0. The number of carbonyl (C=O) groups excluding carboxylic acids is 1. The lowest BCUT2D eigenvalue weighted by Gasteiger charge is -2.34. The number of anilines is 1. The van der Waals surface area contributed by atoms with Crippen molar-refractivity contribution >= 4 is 38.7 Å². The number of non-ortho nitro benzene ring substituents is 1. The second-order valence-electron chi connectivity index (χ2n) is 8.01. The Bertz CT molecular complexity index is 1490. The number of nitrogens with zero attached hydrogens (tertiary/aromatic N) is 4. The summed E-state index contributed by atoms with van der Waals surface area (Å²) in [5, 5.41) is 12.6. The van der Waals surface area contributed by atoms with E-state index in [1.54, 1.807) is 34.1 Å². The van der Waals surface area contributed by atoms with Crippen molar-refractivity contribution in [2.75, 3.05) is 31.1 Å². The van der Waals surface area contributed by atoms with Crippen molar-refractivity contribution in [3.05, 3.63) is 87.8 Å². The molecule has 1 amide bonds. The van der Waals surface area contributed by atoms with E-state index < -0.39 is 14.8 Å². The van der Waals surface area contributed by atoms with Crippen molar-refractivity contribution in [2.45, 2.75) is 9.92 Å². The van der Waals surface area contributed by atoms with Crippen LogP contribution in [0.1, 0.15) is 10.4 Å². The van der Waals surface area contributed by atoms with Gasteiger partial charge in [0, 0.05) is 43.9 Å². The molecular formula is C24H20N4O6S2. The fraction of sp³-hybridized carbons (Fsp3) is 0.167. The normalized spacial score (nSPS) is 14.1. The van der Waals surface area contributed by atoms with Crippen molar-refractivity contribution in [1.82, 2.24) is 9.88 Å². The first-order valence-electron chi connectivity index (χ1n) is 11.0. The van der Waals surface area contributed by atoms with Gasteiger partial charge in [0.2, 0.25) is 26.6 Å². The Morgan fingerprint density at radius 1 is 0.972 bits per heavy atom. The van der Waals surface area contributed by atoms with Crippen molar-refractivity contribution in [3.63, 3.8) is 0 Å². The van der Waals surface area contributed by atoms with Crippen LogP contribution in [0.15, 0.2) is 86.4 Å². The third-order valence-corrected chi connectivity index (χ3v) is 8.32. The minimum atomic E-state index is -3.95. The molecule has 0 bridgehead atoms. The Morgan fingerprint density at radius 3 is 2.28 bits per heavy atom. The summed E-state index contributed by atoms with van der Waals surface area (Å²) in [6, 6.07) is 17.2. The maximum Gasteiger partial charge on any atom is 0.269 e. The molecule has 0 atom stereocenters. The fourth-order valence-corrected chi connectivity index (χ4v) is 5.90. The Labute approximate surface area is 210 Å². The summed E-state index contributed by atoms with van der Waals surface area (Å²) < 4.78 is 32.9. The second-order valence-corrected chi connectivity index (χ2v) is 10.8. The van der Waals surface area contributed by atoms with Crippen molar-refractivity contribution in [3.8, 4) is 10.8 Å². The first kappa shape index (κ1) is 23.7. The van der Waals surface area contributed by atoms with Gasteiger partial charge in [-0.15, -0.1) is 11.3 Å². The summed E-state index contributed by atoms with van der Waals surface area (Å²) in [5.41, 5.74) is 0.261. The molecule has 5 rings (SSSR count). The standard InChI is InChI=1S/C24H20N4O6S2/c29-23(17-8-10-18(11-9-17)28(30)31)26-12-14-27(15-13-26)24-22(25-21(34-24)20-7-4-16-35-20)36(32,33)19-5-2-1-3-6-19/h1-11,16H,12-15H2. The van der Waals surface area contributed by atoms with E-state index in [0.29, 0.717) is 36.6 Å². The molecule has 1 saturated heterocycles. The van der Waals surface area contributed by atoms with Crippen LogP contribution in [-0.2, 0) is 9.84 Å². The van der Waals surface area contributed by atoms with Crippen molar-refractivity contribution in [1.29, 1.82) is 0 Å². The van der Waals surface area contributed by atoms with Crippen LogP contribution in [0.5, 0.6) is 0 Å². The molecule has 0 unspecified atom stereocenters. The highest BCUT2D eigenvalue weighted by Gasteiger charge is 2.33. The number of carbonyl (C=O) groups is 1. The number of nitro benzene ring substituents is 1. The molecule has 1 aliphatic heterocycles. The highest BCUT2D eigenvalue weighted by molar-refractivity contribution is 7.91. The Balaban J connectivity index is 1.40. The average Bonchev–Trinajstić information content (AvgIpc) is 3.60. The number of hydrogen-bond acceptors (Lipinski definition) is 9. The molecule has 0 radical (unpaired) electrons. The molecule has 12 heteroatoms. The highest BCUT2D eigenvalue weighted by Crippen LogP contribution is 2.36. The van der Waals surface area contributed by atoms with Gasteiger partial charge in [0.25, 0.3) is 11.6 Å². The van der Waals surface area contributed by atoms with Gasteiger partial charge in [-0.2, -0.15) is 4.98 Å². The molecule has 1 aliphatic rings. The number of nitro groups is 1. The molecule has 0 N–H and O–H groups in total. The molecule has 0 saturated carbocycles. The lowest BCUT2D eigenvalue weighted by Crippen LogP contribution is -2.49. The maximum atomic E-state index is 13.5. The fourth-order valence-electron chi connectivity index (χ4n) is 3.91. The van der Waals surface area contributed by atoms with Crippen LogP contribution in [0, 0.1) is 10.1 Å². The molecule has 0 aliphatic carbocycles. The third kappa shape index (κ3) is 4.48. The highest BCUT2D eigenvalue weighted by atomic mass is 32.2. The zero-order chi connectivity index (χ0) is 25.3. The zero-order valence-electron chi connectivity index (χ0n) is 18.8. The Hall–Kier alpha value is -4.03. The summed E-state index contributed by atoms with van der Waals surface area (Å²) in [4.78, 5) is 31.9. The van der Waals surface area contributed by atoms with Gasteiger partial charge in [-0.05, 0) is 35.7 Å². The molecule has 184 valence electrons. The molecule has 3 heterocycles. The average molecular weight is 525 g/mol. The van der Waals surface area contributed by atoms with Gasteiger partial charge < -0.3 is 14.2 Å². The lowest BCUT2D eigenvalue weighted by molar-refractivity contribution is -0.384. The topological polar surface area (TPSA) is 127 Å². The molecule has 4 aromatic rings. The van der Waals surface area contributed by atoms with Crippen LogP contribution < -0.4 is 4.90 Å². The van der Waals surface area contributed by atoms with Crippen LogP contribution in [0.25, 0.3) is 10.8 Å². The number of piperazine rings is 1. The van der Waals surface area contributed by atoms with Crippen molar-refractivity contribution < 1.29 is 22.6 Å². The van der Waals surface area contributed by atoms with Gasteiger partial charge in [0.05, 0.1) is 14.7 Å². The predicted molar refractivity (Wildman–Crippen MR) is 133 cm³/mol. The van der Waals surface area contributed by atoms with E-state index >= 15 is 0 Å². The van der Waals surface area contributed by atoms with Crippen LogP contribution in [-0.4, -0.2) is 55.3 Å². The van der Waals surface area contributed by atoms with Gasteiger partial charge >= 0.3 is 0 Å². The number of aromatic nitrogens is 1. The third-order valence-electron chi connectivity index (χ3n) is 5.80. The van der Waals surface area contributed by atoms with Crippen LogP contribution in [0.2, 0.25) is 0 Å². The summed E-state index contributed by atoms with van der Waals surface area (Å²) in [6.45, 7) is 1.29. The van der Waals surface area contributed by atoms with Crippen LogP contribution in [0.4, 0.5) is 11.6 Å². The van der Waals surface area contributed by atoms with Gasteiger partial charge in [-0.1, -0.05) is 24.3 Å². The van der Waals surface area contributed by atoms with Gasteiger partial charge in [-0.3, -0.25) is 14.9 Å². The van der Waals surface area contributed by atoms with E-state index in [4.69, 9.17) is 4.42 Å². The van der Waals surface area contributed by atoms with Gasteiger partial charge in [0.15, 0.2) is 0 Å². The molecular weight excluding hydrogens is 504 g/mol. The van der Waals surface area contributed by atoms with E-state index in [2.05, 4.69) is 4.98 Å². The second kappa shape index (κ2) is 9.55. The largest absolute Gasteiger partial charge is 0.418 e. The quantitative estimate of drug-likeness (QED) is 0.272. The number of amides is 1. The zero-order valence-corrected chi connectivity index (χ0v) is 20.4. The molecule has 36 heavy (non-hydrogen) atoms. The van der Waals surface area contributed by atoms with Crippen molar-refractivity contribution in [2.24, 2.45) is 0 Å². The first-order chi connectivity index (χ1) is 17.3. The predicted octanol–water partition coefficient (Wildman–Crippen LogP) is 4.11.